The average molecular weight is 259 g/mol. The largest absolute Gasteiger partial charge is 0.318 e. The van der Waals surface area contributed by atoms with Crippen LogP contribution in [0.1, 0.15) is 16.6 Å². The number of hydrogen-bond donors (Lipinski definition) is 1. The molecule has 78 valence electrons. The fraction of sp³-hybridized carbons (Fsp3) is 0.100. The summed E-state index contributed by atoms with van der Waals surface area (Å²) in [4.78, 5) is 5.17. The Morgan fingerprint density at radius 2 is 2.00 bits per heavy atom. The van der Waals surface area contributed by atoms with Crippen molar-refractivity contribution < 1.29 is 0 Å². The molecule has 15 heavy (non-hydrogen) atoms. The van der Waals surface area contributed by atoms with Crippen LogP contribution in [0.15, 0.2) is 30.5 Å². The lowest BCUT2D eigenvalue weighted by molar-refractivity contribution is 0.847. The molecule has 0 saturated heterocycles. The van der Waals surface area contributed by atoms with Crippen LogP contribution in [0.25, 0.3) is 0 Å². The molecule has 0 aromatic carbocycles. The lowest BCUT2D eigenvalue weighted by atomic mass is 10.2. The van der Waals surface area contributed by atoms with Crippen molar-refractivity contribution in [2.45, 2.75) is 6.04 Å². The highest BCUT2D eigenvalue weighted by atomic mass is 35.5. The second-order valence-electron chi connectivity index (χ2n) is 3.02. The molecule has 2 nitrogen and oxygen atoms in total. The van der Waals surface area contributed by atoms with Gasteiger partial charge in [-0.25, -0.2) is 0 Å². The summed E-state index contributed by atoms with van der Waals surface area (Å²) in [6.07, 6.45) is 1.59. The van der Waals surface area contributed by atoms with Gasteiger partial charge < -0.3 is 5.73 Å². The van der Waals surface area contributed by atoms with Crippen molar-refractivity contribution in [3.63, 3.8) is 0 Å². The first kappa shape index (κ1) is 10.9. The third-order valence-corrected chi connectivity index (χ3v) is 3.51. The van der Waals surface area contributed by atoms with Gasteiger partial charge in [-0.15, -0.1) is 11.3 Å². The molecule has 0 spiro atoms. The van der Waals surface area contributed by atoms with E-state index in [2.05, 4.69) is 4.98 Å². The molecule has 2 aromatic heterocycles. The van der Waals surface area contributed by atoms with E-state index < -0.39 is 0 Å². The summed E-state index contributed by atoms with van der Waals surface area (Å²) in [7, 11) is 0. The van der Waals surface area contributed by atoms with E-state index in [4.69, 9.17) is 28.9 Å². The van der Waals surface area contributed by atoms with Crippen LogP contribution in [0.5, 0.6) is 0 Å². The monoisotopic (exact) mass is 258 g/mol. The van der Waals surface area contributed by atoms with Gasteiger partial charge in [0.05, 0.1) is 21.1 Å². The Morgan fingerprint density at radius 3 is 2.53 bits per heavy atom. The van der Waals surface area contributed by atoms with E-state index in [0.717, 1.165) is 14.9 Å². The van der Waals surface area contributed by atoms with E-state index in [-0.39, 0.29) is 6.04 Å². The highest BCUT2D eigenvalue weighted by molar-refractivity contribution is 7.16. The average Bonchev–Trinajstić information content (AvgIpc) is 2.65. The molecule has 0 fully saturated rings. The van der Waals surface area contributed by atoms with E-state index in [9.17, 15) is 0 Å². The Balaban J connectivity index is 2.28. The van der Waals surface area contributed by atoms with Crippen molar-refractivity contribution in [3.8, 4) is 0 Å². The Morgan fingerprint density at radius 1 is 1.20 bits per heavy atom. The number of nitrogens with two attached hydrogens (primary N) is 1. The lowest BCUT2D eigenvalue weighted by Crippen LogP contribution is -2.11. The zero-order valence-electron chi connectivity index (χ0n) is 7.65. The number of rotatable bonds is 2. The molecule has 0 saturated carbocycles. The lowest BCUT2D eigenvalue weighted by Gasteiger charge is -2.08. The molecule has 0 radical (unpaired) electrons. The molecule has 2 rings (SSSR count). The fourth-order valence-electron chi connectivity index (χ4n) is 1.21. The van der Waals surface area contributed by atoms with Gasteiger partial charge in [-0.1, -0.05) is 23.2 Å². The second-order valence-corrected chi connectivity index (χ2v) is 5.20. The number of nitrogens with zero attached hydrogens (tertiary/aromatic N) is 1. The second kappa shape index (κ2) is 4.49. The van der Waals surface area contributed by atoms with Crippen LogP contribution >= 0.6 is 34.5 Å². The Kier molecular flexibility index (Phi) is 3.26. The summed E-state index contributed by atoms with van der Waals surface area (Å²) in [5, 5.41) is 0.607. The standard InChI is InChI=1S/C10H8Cl2N2S/c11-6-1-2-7(14-5-6)10(13)8-3-4-9(12)15-8/h1-5,10H,13H2. The van der Waals surface area contributed by atoms with Crippen molar-refractivity contribution in [1.29, 1.82) is 0 Å². The molecule has 0 amide bonds. The van der Waals surface area contributed by atoms with E-state index in [0.29, 0.717) is 5.02 Å². The molecule has 0 bridgehead atoms. The summed E-state index contributed by atoms with van der Waals surface area (Å²) in [5.74, 6) is 0. The van der Waals surface area contributed by atoms with Gasteiger partial charge in [0.15, 0.2) is 0 Å². The summed E-state index contributed by atoms with van der Waals surface area (Å²) in [5.41, 5.74) is 6.82. The van der Waals surface area contributed by atoms with Crippen LogP contribution in [-0.2, 0) is 0 Å². The van der Waals surface area contributed by atoms with Gasteiger partial charge in [0, 0.05) is 11.1 Å². The molecular weight excluding hydrogens is 251 g/mol. The van der Waals surface area contributed by atoms with Gasteiger partial charge in [-0.05, 0) is 24.3 Å². The summed E-state index contributed by atoms with van der Waals surface area (Å²) in [6.45, 7) is 0. The number of hydrogen-bond acceptors (Lipinski definition) is 3. The first-order chi connectivity index (χ1) is 7.16. The zero-order valence-corrected chi connectivity index (χ0v) is 9.98. The zero-order chi connectivity index (χ0) is 10.8. The molecular formula is C10H8Cl2N2S. The third kappa shape index (κ3) is 2.49. The summed E-state index contributed by atoms with van der Waals surface area (Å²) < 4.78 is 0.731. The normalized spacial score (nSPS) is 12.7. The molecule has 1 atom stereocenters. The minimum Gasteiger partial charge on any atom is -0.318 e. The highest BCUT2D eigenvalue weighted by Gasteiger charge is 2.12. The van der Waals surface area contributed by atoms with Crippen LogP contribution < -0.4 is 5.73 Å². The van der Waals surface area contributed by atoms with E-state index in [1.807, 2.05) is 18.2 Å². The maximum absolute atomic E-state index is 6.03. The summed E-state index contributed by atoms with van der Waals surface area (Å²) >= 11 is 13.0. The molecule has 0 aliphatic rings. The maximum Gasteiger partial charge on any atom is 0.0931 e. The number of pyridine rings is 1. The molecule has 2 heterocycles. The van der Waals surface area contributed by atoms with Gasteiger partial charge in [-0.3, -0.25) is 4.98 Å². The molecule has 2 N–H and O–H groups in total. The predicted octanol–water partition coefficient (Wildman–Crippen LogP) is 3.50. The first-order valence-electron chi connectivity index (χ1n) is 4.29. The van der Waals surface area contributed by atoms with E-state index in [1.165, 1.54) is 11.3 Å². The van der Waals surface area contributed by atoms with Crippen molar-refractivity contribution in [2.75, 3.05) is 0 Å². The van der Waals surface area contributed by atoms with Crippen LogP contribution in [0.4, 0.5) is 0 Å². The quantitative estimate of drug-likeness (QED) is 0.896. The first-order valence-corrected chi connectivity index (χ1v) is 5.86. The van der Waals surface area contributed by atoms with Gasteiger partial charge in [0.25, 0.3) is 0 Å². The molecule has 2 aromatic rings. The Hall–Kier alpha value is -0.610. The van der Waals surface area contributed by atoms with Crippen molar-refractivity contribution >= 4 is 34.5 Å². The van der Waals surface area contributed by atoms with Crippen LogP contribution in [0.3, 0.4) is 0 Å². The van der Waals surface area contributed by atoms with Crippen molar-refractivity contribution in [1.82, 2.24) is 4.98 Å². The minimum atomic E-state index is -0.236. The number of thiophene rings is 1. The van der Waals surface area contributed by atoms with E-state index in [1.54, 1.807) is 12.3 Å². The predicted molar refractivity (Wildman–Crippen MR) is 64.6 cm³/mol. The van der Waals surface area contributed by atoms with Crippen molar-refractivity contribution in [2.24, 2.45) is 5.73 Å². The highest BCUT2D eigenvalue weighted by Crippen LogP contribution is 2.28. The van der Waals surface area contributed by atoms with Crippen molar-refractivity contribution in [3.05, 3.63) is 50.4 Å². The molecule has 5 heteroatoms. The Labute approximate surface area is 102 Å². The SMILES string of the molecule is NC(c1ccc(Cl)cn1)c1ccc(Cl)s1. The van der Waals surface area contributed by atoms with Crippen LogP contribution in [0.2, 0.25) is 9.36 Å². The van der Waals surface area contributed by atoms with Gasteiger partial charge in [0.2, 0.25) is 0 Å². The number of halogens is 2. The van der Waals surface area contributed by atoms with Crippen LogP contribution in [0, 0.1) is 0 Å². The number of aromatic nitrogens is 1. The maximum atomic E-state index is 6.03. The van der Waals surface area contributed by atoms with Gasteiger partial charge in [0.1, 0.15) is 0 Å². The summed E-state index contributed by atoms with van der Waals surface area (Å²) in [6, 6.07) is 7.10. The molecule has 1 unspecified atom stereocenters. The smallest absolute Gasteiger partial charge is 0.0931 e. The fourth-order valence-corrected chi connectivity index (χ4v) is 2.40. The minimum absolute atomic E-state index is 0.236. The molecule has 0 aliphatic heterocycles. The topological polar surface area (TPSA) is 38.9 Å². The molecule has 0 aliphatic carbocycles. The van der Waals surface area contributed by atoms with Gasteiger partial charge in [-0.2, -0.15) is 0 Å². The van der Waals surface area contributed by atoms with E-state index >= 15 is 0 Å². The van der Waals surface area contributed by atoms with Gasteiger partial charge >= 0.3 is 0 Å². The van der Waals surface area contributed by atoms with Crippen LogP contribution in [-0.4, -0.2) is 4.98 Å². The Bertz CT molecular complexity index is 453. The third-order valence-electron chi connectivity index (χ3n) is 1.97.